The minimum atomic E-state index is -0.422. The number of nitrogen functional groups attached to an aromatic ring is 1. The Balaban J connectivity index is 2.08. The highest BCUT2D eigenvalue weighted by Gasteiger charge is 2.14. The van der Waals surface area contributed by atoms with Crippen LogP contribution in [0.2, 0.25) is 0 Å². The highest BCUT2D eigenvalue weighted by atomic mass is 79.9. The van der Waals surface area contributed by atoms with E-state index in [4.69, 9.17) is 5.73 Å². The number of aryl methyl sites for hydroxylation is 1. The lowest BCUT2D eigenvalue weighted by atomic mass is 10.2. The second-order valence-corrected chi connectivity index (χ2v) is 5.12. The van der Waals surface area contributed by atoms with E-state index in [0.717, 1.165) is 4.47 Å². The van der Waals surface area contributed by atoms with E-state index in [1.165, 1.54) is 6.07 Å². The molecule has 0 unspecified atom stereocenters. The molecule has 0 bridgehead atoms. The third-order valence-electron chi connectivity index (χ3n) is 2.78. The molecule has 0 atom stereocenters. The number of carbonyl (C=O) groups is 1. The molecule has 0 aliphatic rings. The molecule has 1 heterocycles. The van der Waals surface area contributed by atoms with E-state index in [2.05, 4.69) is 26.3 Å². The zero-order chi connectivity index (χ0) is 14.7. The van der Waals surface area contributed by atoms with Crippen molar-refractivity contribution in [2.24, 2.45) is 0 Å². The molecule has 7 heteroatoms. The highest BCUT2D eigenvalue weighted by molar-refractivity contribution is 9.10. The summed E-state index contributed by atoms with van der Waals surface area (Å²) >= 11 is 3.26. The number of aromatic nitrogens is 2. The molecule has 1 aromatic heterocycles. The van der Waals surface area contributed by atoms with Gasteiger partial charge in [0.25, 0.3) is 5.91 Å². The zero-order valence-electron chi connectivity index (χ0n) is 10.9. The Kier molecular flexibility index (Phi) is 4.39. The quantitative estimate of drug-likeness (QED) is 0.896. The largest absolute Gasteiger partial charge is 0.396 e. The van der Waals surface area contributed by atoms with E-state index >= 15 is 0 Å². The summed E-state index contributed by atoms with van der Waals surface area (Å²) in [5, 5.41) is 6.66. The predicted octanol–water partition coefficient (Wildman–Crippen LogP) is 2.32. The van der Waals surface area contributed by atoms with E-state index in [1.54, 1.807) is 23.0 Å². The van der Waals surface area contributed by atoms with Crippen LogP contribution in [0.3, 0.4) is 0 Å². The summed E-state index contributed by atoms with van der Waals surface area (Å²) < 4.78 is 15.9. The number of anilines is 1. The summed E-state index contributed by atoms with van der Waals surface area (Å²) in [6, 6.07) is 4.55. The topological polar surface area (TPSA) is 72.9 Å². The summed E-state index contributed by atoms with van der Waals surface area (Å²) in [6.07, 6.45) is 1.59. The van der Waals surface area contributed by atoms with Gasteiger partial charge in [-0.3, -0.25) is 9.48 Å². The van der Waals surface area contributed by atoms with Gasteiger partial charge in [-0.1, -0.05) is 15.9 Å². The van der Waals surface area contributed by atoms with Gasteiger partial charge in [0.2, 0.25) is 0 Å². The maximum Gasteiger partial charge on any atom is 0.274 e. The van der Waals surface area contributed by atoms with Crippen molar-refractivity contribution in [1.29, 1.82) is 0 Å². The summed E-state index contributed by atoms with van der Waals surface area (Å²) in [5.74, 6) is -0.797. The molecule has 0 aliphatic heterocycles. The number of hydrogen-bond donors (Lipinski definition) is 2. The van der Waals surface area contributed by atoms with Crippen LogP contribution in [-0.2, 0) is 13.1 Å². The molecule has 106 valence electrons. The van der Waals surface area contributed by atoms with Gasteiger partial charge in [-0.2, -0.15) is 5.10 Å². The molecule has 0 saturated carbocycles. The second kappa shape index (κ2) is 6.04. The monoisotopic (exact) mass is 340 g/mol. The van der Waals surface area contributed by atoms with Crippen LogP contribution < -0.4 is 11.1 Å². The van der Waals surface area contributed by atoms with Crippen molar-refractivity contribution in [3.63, 3.8) is 0 Å². The van der Waals surface area contributed by atoms with Crippen LogP contribution >= 0.6 is 15.9 Å². The summed E-state index contributed by atoms with van der Waals surface area (Å²) in [7, 11) is 0. The molecule has 5 nitrogen and oxygen atoms in total. The molecule has 0 saturated heterocycles. The van der Waals surface area contributed by atoms with Crippen LogP contribution in [-0.4, -0.2) is 15.7 Å². The first-order valence-electron chi connectivity index (χ1n) is 6.06. The van der Waals surface area contributed by atoms with Gasteiger partial charge in [0.15, 0.2) is 5.69 Å². The van der Waals surface area contributed by atoms with Gasteiger partial charge in [0.1, 0.15) is 5.82 Å². The first-order chi connectivity index (χ1) is 9.51. The molecule has 20 heavy (non-hydrogen) atoms. The number of nitrogens with one attached hydrogen (secondary N) is 1. The smallest absolute Gasteiger partial charge is 0.274 e. The summed E-state index contributed by atoms with van der Waals surface area (Å²) in [6.45, 7) is 2.59. The van der Waals surface area contributed by atoms with Crippen molar-refractivity contribution in [3.8, 4) is 0 Å². The average molecular weight is 341 g/mol. The number of carbonyl (C=O) groups excluding carboxylic acids is 1. The van der Waals surface area contributed by atoms with Crippen LogP contribution in [0.5, 0.6) is 0 Å². The lowest BCUT2D eigenvalue weighted by Gasteiger charge is -2.06. The average Bonchev–Trinajstić information content (AvgIpc) is 2.81. The van der Waals surface area contributed by atoms with Crippen LogP contribution in [0.4, 0.5) is 10.1 Å². The number of rotatable bonds is 4. The van der Waals surface area contributed by atoms with E-state index in [9.17, 15) is 9.18 Å². The third-order valence-corrected chi connectivity index (χ3v) is 3.27. The van der Waals surface area contributed by atoms with E-state index in [-0.39, 0.29) is 18.1 Å². The van der Waals surface area contributed by atoms with Crippen LogP contribution in [0.15, 0.2) is 28.9 Å². The Morgan fingerprint density at radius 2 is 2.30 bits per heavy atom. The Hall–Kier alpha value is -1.89. The number of nitrogens with zero attached hydrogens (tertiary/aromatic N) is 2. The molecule has 2 rings (SSSR count). The van der Waals surface area contributed by atoms with Gasteiger partial charge in [-0.15, -0.1) is 0 Å². The first kappa shape index (κ1) is 14.5. The van der Waals surface area contributed by atoms with Gasteiger partial charge in [0, 0.05) is 29.3 Å². The summed E-state index contributed by atoms with van der Waals surface area (Å²) in [4.78, 5) is 12.0. The number of hydrogen-bond acceptors (Lipinski definition) is 3. The normalized spacial score (nSPS) is 10.6. The molecular weight excluding hydrogens is 327 g/mol. The van der Waals surface area contributed by atoms with Crippen LogP contribution in [0, 0.1) is 5.82 Å². The molecule has 1 amide bonds. The Bertz CT molecular complexity index is 641. The molecule has 2 aromatic rings. The Morgan fingerprint density at radius 1 is 1.55 bits per heavy atom. The molecule has 0 spiro atoms. The fourth-order valence-electron chi connectivity index (χ4n) is 1.71. The van der Waals surface area contributed by atoms with Crippen LogP contribution in [0.25, 0.3) is 0 Å². The van der Waals surface area contributed by atoms with Crippen molar-refractivity contribution in [1.82, 2.24) is 15.1 Å². The zero-order valence-corrected chi connectivity index (χ0v) is 12.4. The molecule has 0 radical (unpaired) electrons. The maximum absolute atomic E-state index is 13.5. The SMILES string of the molecule is CCn1cc(N)c(C(=O)NCc2cc(Br)ccc2F)n1. The van der Waals surface area contributed by atoms with Crippen molar-refractivity contribution < 1.29 is 9.18 Å². The fourth-order valence-corrected chi connectivity index (χ4v) is 2.12. The maximum atomic E-state index is 13.5. The van der Waals surface area contributed by atoms with Crippen LogP contribution in [0.1, 0.15) is 23.0 Å². The lowest BCUT2D eigenvalue weighted by molar-refractivity contribution is 0.0945. The van der Waals surface area contributed by atoms with Gasteiger partial charge < -0.3 is 11.1 Å². The standard InChI is InChI=1S/C13H14BrFN4O/c1-2-19-7-11(16)12(18-19)13(20)17-6-8-5-9(14)3-4-10(8)15/h3-5,7H,2,6,16H2,1H3,(H,17,20). The number of nitrogens with two attached hydrogens (primary N) is 1. The number of halogens is 2. The third kappa shape index (κ3) is 3.16. The van der Waals surface area contributed by atoms with Gasteiger partial charge in [-0.25, -0.2) is 4.39 Å². The van der Waals surface area contributed by atoms with Crippen molar-refractivity contribution in [3.05, 3.63) is 45.9 Å². The number of amides is 1. The van der Waals surface area contributed by atoms with Gasteiger partial charge >= 0.3 is 0 Å². The van der Waals surface area contributed by atoms with Crippen molar-refractivity contribution in [2.75, 3.05) is 5.73 Å². The molecule has 0 fully saturated rings. The Labute approximate surface area is 124 Å². The lowest BCUT2D eigenvalue weighted by Crippen LogP contribution is -2.24. The van der Waals surface area contributed by atoms with Crippen molar-refractivity contribution in [2.45, 2.75) is 20.0 Å². The Morgan fingerprint density at radius 3 is 2.95 bits per heavy atom. The van der Waals surface area contributed by atoms with Crippen molar-refractivity contribution >= 4 is 27.5 Å². The second-order valence-electron chi connectivity index (χ2n) is 4.21. The highest BCUT2D eigenvalue weighted by Crippen LogP contribution is 2.16. The van der Waals surface area contributed by atoms with E-state index in [1.807, 2.05) is 6.92 Å². The first-order valence-corrected chi connectivity index (χ1v) is 6.85. The minimum Gasteiger partial charge on any atom is -0.396 e. The van der Waals surface area contributed by atoms with E-state index in [0.29, 0.717) is 17.8 Å². The predicted molar refractivity (Wildman–Crippen MR) is 77.6 cm³/mol. The number of benzene rings is 1. The molecule has 1 aromatic carbocycles. The minimum absolute atomic E-state index is 0.0720. The summed E-state index contributed by atoms with van der Waals surface area (Å²) in [5.41, 5.74) is 6.56. The molecule has 0 aliphatic carbocycles. The van der Waals surface area contributed by atoms with Gasteiger partial charge in [0.05, 0.1) is 5.69 Å². The molecule has 3 N–H and O–H groups in total. The fraction of sp³-hybridized carbons (Fsp3) is 0.231. The van der Waals surface area contributed by atoms with Gasteiger partial charge in [-0.05, 0) is 25.1 Å². The molecular formula is C13H14BrFN4O. The van der Waals surface area contributed by atoms with E-state index < -0.39 is 5.91 Å².